The highest BCUT2D eigenvalue weighted by molar-refractivity contribution is 5.85. The van der Waals surface area contributed by atoms with Gasteiger partial charge in [0.15, 0.2) is 0 Å². The van der Waals surface area contributed by atoms with E-state index in [1.54, 1.807) is 6.08 Å². The number of aliphatic carboxylic acids is 1. The average molecular weight is 222 g/mol. The molecule has 0 saturated heterocycles. The first-order chi connectivity index (χ1) is 7.23. The maximum atomic E-state index is 10.5. The van der Waals surface area contributed by atoms with Crippen LogP contribution in [0.4, 0.5) is 0 Å². The predicted molar refractivity (Wildman–Crippen MR) is 63.4 cm³/mol. The molecule has 0 atom stereocenters. The number of aromatic nitrogens is 2. The predicted octanol–water partition coefficient (Wildman–Crippen LogP) is 2.35. The van der Waals surface area contributed by atoms with E-state index in [1.807, 2.05) is 18.5 Å². The quantitative estimate of drug-likeness (QED) is 0.781. The molecular formula is C12H18N2O2. The third kappa shape index (κ3) is 2.51. The smallest absolute Gasteiger partial charge is 0.328 e. The fraction of sp³-hybridized carbons (Fsp3) is 0.500. The van der Waals surface area contributed by atoms with Gasteiger partial charge in [-0.1, -0.05) is 0 Å². The molecule has 1 aromatic rings. The highest BCUT2D eigenvalue weighted by Crippen LogP contribution is 2.22. The van der Waals surface area contributed by atoms with Crippen molar-refractivity contribution in [2.45, 2.75) is 40.2 Å². The maximum Gasteiger partial charge on any atom is 0.328 e. The van der Waals surface area contributed by atoms with Gasteiger partial charge in [-0.05, 0) is 40.7 Å². The van der Waals surface area contributed by atoms with Crippen LogP contribution >= 0.6 is 0 Å². The molecule has 0 fully saturated rings. The van der Waals surface area contributed by atoms with Gasteiger partial charge in [0.25, 0.3) is 0 Å². The van der Waals surface area contributed by atoms with E-state index in [1.165, 1.54) is 0 Å². The van der Waals surface area contributed by atoms with Crippen LogP contribution in [0, 0.1) is 13.8 Å². The number of nitrogens with zero attached hydrogens (tertiary/aromatic N) is 2. The Hall–Kier alpha value is -1.58. The summed E-state index contributed by atoms with van der Waals surface area (Å²) in [5.41, 5.74) is 2.63. The normalized spacial score (nSPS) is 12.3. The molecule has 1 rings (SSSR count). The van der Waals surface area contributed by atoms with Gasteiger partial charge in [-0.2, -0.15) is 5.10 Å². The third-order valence-corrected chi connectivity index (χ3v) is 2.38. The van der Waals surface area contributed by atoms with Crippen LogP contribution in [0.2, 0.25) is 0 Å². The summed E-state index contributed by atoms with van der Waals surface area (Å²) in [6, 6.07) is 0. The third-order valence-electron chi connectivity index (χ3n) is 2.38. The van der Waals surface area contributed by atoms with Crippen molar-refractivity contribution in [2.75, 3.05) is 0 Å². The lowest BCUT2D eigenvalue weighted by Gasteiger charge is -2.21. The molecule has 0 aliphatic carbocycles. The van der Waals surface area contributed by atoms with Gasteiger partial charge in [0.1, 0.15) is 0 Å². The average Bonchev–Trinajstić information content (AvgIpc) is 2.38. The van der Waals surface area contributed by atoms with Gasteiger partial charge in [0.2, 0.25) is 0 Å². The number of hydrogen-bond donors (Lipinski definition) is 1. The van der Waals surface area contributed by atoms with Crippen molar-refractivity contribution < 1.29 is 9.90 Å². The van der Waals surface area contributed by atoms with Gasteiger partial charge in [0, 0.05) is 17.3 Å². The molecule has 0 bridgehead atoms. The second-order valence-corrected chi connectivity index (χ2v) is 4.84. The van der Waals surface area contributed by atoms with E-state index in [2.05, 4.69) is 25.9 Å². The summed E-state index contributed by atoms with van der Waals surface area (Å²) in [5, 5.41) is 13.0. The Bertz CT molecular complexity index is 437. The molecule has 0 unspecified atom stereocenters. The van der Waals surface area contributed by atoms with Gasteiger partial charge in [-0.25, -0.2) is 4.79 Å². The van der Waals surface area contributed by atoms with Crippen LogP contribution in [0.15, 0.2) is 6.08 Å². The lowest BCUT2D eigenvalue weighted by molar-refractivity contribution is -0.131. The Morgan fingerprint density at radius 1 is 1.38 bits per heavy atom. The molecule has 16 heavy (non-hydrogen) atoms. The van der Waals surface area contributed by atoms with E-state index >= 15 is 0 Å². The largest absolute Gasteiger partial charge is 0.478 e. The summed E-state index contributed by atoms with van der Waals surface area (Å²) in [4.78, 5) is 10.5. The van der Waals surface area contributed by atoms with Gasteiger partial charge in [-0.3, -0.25) is 4.68 Å². The molecule has 1 N–H and O–H groups in total. The van der Waals surface area contributed by atoms with E-state index in [4.69, 9.17) is 5.11 Å². The summed E-state index contributed by atoms with van der Waals surface area (Å²) < 4.78 is 1.92. The van der Waals surface area contributed by atoms with Crippen molar-refractivity contribution in [3.63, 3.8) is 0 Å². The first-order valence-corrected chi connectivity index (χ1v) is 5.21. The Balaban J connectivity index is 3.23. The van der Waals surface area contributed by atoms with Crippen molar-refractivity contribution in [2.24, 2.45) is 0 Å². The Morgan fingerprint density at radius 3 is 2.31 bits per heavy atom. The molecule has 4 nitrogen and oxygen atoms in total. The van der Waals surface area contributed by atoms with Crippen molar-refractivity contribution >= 4 is 12.0 Å². The topological polar surface area (TPSA) is 55.1 Å². The van der Waals surface area contributed by atoms with E-state index in [9.17, 15) is 4.79 Å². The zero-order chi connectivity index (χ0) is 12.5. The molecule has 0 spiro atoms. The number of carboxylic acid groups (broad SMARTS) is 1. The second kappa shape index (κ2) is 4.12. The van der Waals surface area contributed by atoms with E-state index in [-0.39, 0.29) is 5.54 Å². The lowest BCUT2D eigenvalue weighted by Crippen LogP contribution is -2.24. The Labute approximate surface area is 95.6 Å². The van der Waals surface area contributed by atoms with E-state index in [0.29, 0.717) is 0 Å². The van der Waals surface area contributed by atoms with Crippen molar-refractivity contribution in [1.29, 1.82) is 0 Å². The van der Waals surface area contributed by atoms with Crippen LogP contribution in [0.3, 0.4) is 0 Å². The van der Waals surface area contributed by atoms with Gasteiger partial charge in [-0.15, -0.1) is 0 Å². The summed E-state index contributed by atoms with van der Waals surface area (Å²) in [5.74, 6) is -0.942. The standard InChI is InChI=1S/C12H18N2O2/c1-8-10(6-7-11(15)16)9(2)14(13-8)12(3,4)5/h6-7H,1-5H3,(H,15,16). The second-order valence-electron chi connectivity index (χ2n) is 4.84. The van der Waals surface area contributed by atoms with Gasteiger partial charge < -0.3 is 5.11 Å². The maximum absolute atomic E-state index is 10.5. The van der Waals surface area contributed by atoms with Crippen molar-refractivity contribution in [1.82, 2.24) is 9.78 Å². The van der Waals surface area contributed by atoms with Crippen LogP contribution in [0.25, 0.3) is 6.08 Å². The van der Waals surface area contributed by atoms with Crippen LogP contribution in [-0.4, -0.2) is 20.9 Å². The minimum absolute atomic E-state index is 0.0931. The van der Waals surface area contributed by atoms with E-state index in [0.717, 1.165) is 23.0 Å². The summed E-state index contributed by atoms with van der Waals surface area (Å²) in [6.07, 6.45) is 2.74. The van der Waals surface area contributed by atoms with Crippen LogP contribution in [0.1, 0.15) is 37.7 Å². The highest BCUT2D eigenvalue weighted by atomic mass is 16.4. The van der Waals surface area contributed by atoms with Gasteiger partial charge in [0.05, 0.1) is 11.2 Å². The molecule has 1 aromatic heterocycles. The summed E-state index contributed by atoms with van der Waals surface area (Å²) in [7, 11) is 0. The number of rotatable bonds is 2. The molecule has 0 radical (unpaired) electrons. The molecule has 0 aromatic carbocycles. The SMILES string of the molecule is Cc1nn(C(C)(C)C)c(C)c1C=CC(=O)O. The first-order valence-electron chi connectivity index (χ1n) is 5.21. The zero-order valence-electron chi connectivity index (χ0n) is 10.4. The zero-order valence-corrected chi connectivity index (χ0v) is 10.4. The first kappa shape index (κ1) is 12.5. The van der Waals surface area contributed by atoms with Crippen LogP contribution in [0.5, 0.6) is 0 Å². The van der Waals surface area contributed by atoms with Crippen molar-refractivity contribution in [3.8, 4) is 0 Å². The number of carboxylic acids is 1. The Morgan fingerprint density at radius 2 is 1.94 bits per heavy atom. The molecule has 0 saturated carbocycles. The fourth-order valence-electron chi connectivity index (χ4n) is 1.70. The van der Waals surface area contributed by atoms with Gasteiger partial charge >= 0.3 is 5.97 Å². The highest BCUT2D eigenvalue weighted by Gasteiger charge is 2.19. The van der Waals surface area contributed by atoms with E-state index < -0.39 is 5.97 Å². The molecule has 0 amide bonds. The number of carbonyl (C=O) groups is 1. The number of aryl methyl sites for hydroxylation is 1. The molecular weight excluding hydrogens is 204 g/mol. The molecule has 0 aliphatic heterocycles. The number of hydrogen-bond acceptors (Lipinski definition) is 2. The monoisotopic (exact) mass is 222 g/mol. The lowest BCUT2D eigenvalue weighted by atomic mass is 10.1. The summed E-state index contributed by atoms with van der Waals surface area (Å²) in [6.45, 7) is 10.0. The molecule has 88 valence electrons. The molecule has 1 heterocycles. The Kier molecular flexibility index (Phi) is 3.21. The van der Waals surface area contributed by atoms with Crippen LogP contribution in [-0.2, 0) is 10.3 Å². The minimum atomic E-state index is -0.942. The van der Waals surface area contributed by atoms with Crippen LogP contribution < -0.4 is 0 Å². The fourth-order valence-corrected chi connectivity index (χ4v) is 1.70. The minimum Gasteiger partial charge on any atom is -0.478 e. The molecule has 0 aliphatic rings. The summed E-state index contributed by atoms with van der Waals surface area (Å²) >= 11 is 0. The van der Waals surface area contributed by atoms with Crippen molar-refractivity contribution in [3.05, 3.63) is 23.0 Å². The molecule has 4 heteroatoms.